The summed E-state index contributed by atoms with van der Waals surface area (Å²) in [6, 6.07) is 13.7. The highest BCUT2D eigenvalue weighted by Crippen LogP contribution is 2.27. The molecule has 6 heteroatoms. The molecule has 0 aliphatic carbocycles. The summed E-state index contributed by atoms with van der Waals surface area (Å²) in [7, 11) is 0. The number of fused-ring (bicyclic) bond motifs is 2. The van der Waals surface area contributed by atoms with Crippen LogP contribution in [0.25, 0.3) is 16.3 Å². The van der Waals surface area contributed by atoms with E-state index in [1.54, 1.807) is 12.4 Å². The standard InChI is InChI=1S/C21H19N5O/c27-21(24-16-6-3-5-14-13-22-11-9-15(14)16)19-18-8-1-2-12-26(18)20(25-19)17-7-4-10-23-17/h1-3,5-6,8-9,11-13,17,23H,4,7,10H2,(H,24,27). The Morgan fingerprint density at radius 1 is 1.19 bits per heavy atom. The predicted octanol–water partition coefficient (Wildman–Crippen LogP) is 3.56. The van der Waals surface area contributed by atoms with Gasteiger partial charge in [-0.3, -0.25) is 9.78 Å². The first-order valence-corrected chi connectivity index (χ1v) is 9.16. The number of benzene rings is 1. The molecule has 2 N–H and O–H groups in total. The number of anilines is 1. The van der Waals surface area contributed by atoms with Gasteiger partial charge in [-0.05, 0) is 43.7 Å². The van der Waals surface area contributed by atoms with E-state index in [4.69, 9.17) is 4.98 Å². The topological polar surface area (TPSA) is 71.3 Å². The number of rotatable bonds is 3. The number of carbonyl (C=O) groups excluding carboxylic acids is 1. The summed E-state index contributed by atoms with van der Waals surface area (Å²) < 4.78 is 2.02. The van der Waals surface area contributed by atoms with E-state index in [0.29, 0.717) is 5.69 Å². The Morgan fingerprint density at radius 3 is 3.04 bits per heavy atom. The summed E-state index contributed by atoms with van der Waals surface area (Å²) in [4.78, 5) is 21.9. The molecule has 4 heterocycles. The Kier molecular flexibility index (Phi) is 3.83. The van der Waals surface area contributed by atoms with Crippen molar-refractivity contribution in [2.24, 2.45) is 0 Å². The smallest absolute Gasteiger partial charge is 0.276 e. The summed E-state index contributed by atoms with van der Waals surface area (Å²) in [5, 5.41) is 8.45. The van der Waals surface area contributed by atoms with Crippen molar-refractivity contribution in [2.75, 3.05) is 11.9 Å². The molecule has 6 nitrogen and oxygen atoms in total. The fourth-order valence-corrected chi connectivity index (χ4v) is 3.79. The lowest BCUT2D eigenvalue weighted by molar-refractivity contribution is 0.102. The zero-order valence-corrected chi connectivity index (χ0v) is 14.7. The van der Waals surface area contributed by atoms with Crippen LogP contribution >= 0.6 is 0 Å². The molecule has 0 bridgehead atoms. The van der Waals surface area contributed by atoms with Crippen molar-refractivity contribution in [3.05, 3.63) is 72.6 Å². The molecule has 3 aromatic heterocycles. The second-order valence-corrected chi connectivity index (χ2v) is 6.78. The molecule has 0 spiro atoms. The number of pyridine rings is 2. The third-order valence-electron chi connectivity index (χ3n) is 5.09. The van der Waals surface area contributed by atoms with Crippen molar-refractivity contribution < 1.29 is 4.79 Å². The van der Waals surface area contributed by atoms with Crippen LogP contribution in [-0.2, 0) is 0 Å². The van der Waals surface area contributed by atoms with E-state index in [1.165, 1.54) is 0 Å². The lowest BCUT2D eigenvalue weighted by atomic mass is 10.1. The van der Waals surface area contributed by atoms with Crippen molar-refractivity contribution in [1.82, 2.24) is 19.7 Å². The van der Waals surface area contributed by atoms with Gasteiger partial charge in [-0.25, -0.2) is 4.98 Å². The number of hydrogen-bond acceptors (Lipinski definition) is 4. The van der Waals surface area contributed by atoms with Gasteiger partial charge in [-0.2, -0.15) is 0 Å². The van der Waals surface area contributed by atoms with Gasteiger partial charge in [-0.1, -0.05) is 18.2 Å². The van der Waals surface area contributed by atoms with Gasteiger partial charge >= 0.3 is 0 Å². The van der Waals surface area contributed by atoms with Crippen LogP contribution < -0.4 is 10.6 Å². The SMILES string of the molecule is O=C(Nc1cccc2cnccc12)c1nc(C2CCCN2)n2ccccc12. The number of amides is 1. The normalized spacial score (nSPS) is 16.8. The molecule has 1 unspecified atom stereocenters. The van der Waals surface area contributed by atoms with Crippen LogP contribution in [0.15, 0.2) is 61.1 Å². The molecule has 4 aromatic rings. The van der Waals surface area contributed by atoms with Gasteiger partial charge in [0.15, 0.2) is 5.69 Å². The molecule has 1 aromatic carbocycles. The van der Waals surface area contributed by atoms with Crippen LogP contribution in [0, 0.1) is 0 Å². The highest BCUT2D eigenvalue weighted by Gasteiger charge is 2.25. The van der Waals surface area contributed by atoms with Gasteiger partial charge in [-0.15, -0.1) is 0 Å². The molecular formula is C21H19N5O. The molecule has 0 radical (unpaired) electrons. The van der Waals surface area contributed by atoms with Gasteiger partial charge in [0, 0.05) is 35.1 Å². The van der Waals surface area contributed by atoms with Crippen LogP contribution in [0.2, 0.25) is 0 Å². The van der Waals surface area contributed by atoms with E-state index in [2.05, 4.69) is 15.6 Å². The van der Waals surface area contributed by atoms with Gasteiger partial charge in [0.25, 0.3) is 5.91 Å². The van der Waals surface area contributed by atoms with E-state index < -0.39 is 0 Å². The van der Waals surface area contributed by atoms with Gasteiger partial charge in [0.05, 0.1) is 11.6 Å². The van der Waals surface area contributed by atoms with Crippen molar-refractivity contribution in [3.63, 3.8) is 0 Å². The van der Waals surface area contributed by atoms with Crippen LogP contribution in [-0.4, -0.2) is 26.8 Å². The minimum Gasteiger partial charge on any atom is -0.320 e. The van der Waals surface area contributed by atoms with Crippen molar-refractivity contribution >= 4 is 27.9 Å². The Morgan fingerprint density at radius 2 is 2.15 bits per heavy atom. The van der Waals surface area contributed by atoms with Crippen LogP contribution in [0.4, 0.5) is 5.69 Å². The molecule has 1 aliphatic rings. The van der Waals surface area contributed by atoms with Crippen molar-refractivity contribution in [2.45, 2.75) is 18.9 Å². The minimum atomic E-state index is -0.202. The molecule has 1 saturated heterocycles. The van der Waals surface area contributed by atoms with Crippen molar-refractivity contribution in [3.8, 4) is 0 Å². The molecule has 5 rings (SSSR count). The summed E-state index contributed by atoms with van der Waals surface area (Å²) in [5.41, 5.74) is 2.03. The molecule has 1 amide bonds. The largest absolute Gasteiger partial charge is 0.320 e. The summed E-state index contributed by atoms with van der Waals surface area (Å²) >= 11 is 0. The Bertz CT molecular complexity index is 1140. The fourth-order valence-electron chi connectivity index (χ4n) is 3.79. The summed E-state index contributed by atoms with van der Waals surface area (Å²) in [5.74, 6) is 0.697. The van der Waals surface area contributed by atoms with E-state index in [9.17, 15) is 4.79 Å². The Labute approximate surface area is 156 Å². The van der Waals surface area contributed by atoms with Crippen LogP contribution in [0.1, 0.15) is 35.2 Å². The zero-order valence-electron chi connectivity index (χ0n) is 14.7. The first-order valence-electron chi connectivity index (χ1n) is 9.16. The third kappa shape index (κ3) is 2.74. The van der Waals surface area contributed by atoms with Crippen LogP contribution in [0.3, 0.4) is 0 Å². The number of nitrogens with one attached hydrogen (secondary N) is 2. The van der Waals surface area contributed by atoms with E-state index in [-0.39, 0.29) is 11.9 Å². The number of imidazole rings is 1. The molecular weight excluding hydrogens is 338 g/mol. The lowest BCUT2D eigenvalue weighted by Crippen LogP contribution is -2.16. The maximum atomic E-state index is 13.1. The van der Waals surface area contributed by atoms with Gasteiger partial charge in [0.2, 0.25) is 0 Å². The van der Waals surface area contributed by atoms with Crippen molar-refractivity contribution in [1.29, 1.82) is 0 Å². The van der Waals surface area contributed by atoms with Crippen LogP contribution in [0.5, 0.6) is 0 Å². The molecule has 134 valence electrons. The average molecular weight is 357 g/mol. The third-order valence-corrected chi connectivity index (χ3v) is 5.09. The lowest BCUT2D eigenvalue weighted by Gasteiger charge is -2.08. The fraction of sp³-hybridized carbons (Fsp3) is 0.190. The molecule has 1 atom stereocenters. The van der Waals surface area contributed by atoms with Gasteiger partial charge in [0.1, 0.15) is 5.82 Å². The van der Waals surface area contributed by atoms with Gasteiger partial charge < -0.3 is 15.0 Å². The minimum absolute atomic E-state index is 0.185. The Hall–Kier alpha value is -3.25. The summed E-state index contributed by atoms with van der Waals surface area (Å²) in [6.07, 6.45) is 7.65. The highest BCUT2D eigenvalue weighted by atomic mass is 16.1. The number of aromatic nitrogens is 3. The monoisotopic (exact) mass is 357 g/mol. The maximum Gasteiger partial charge on any atom is 0.276 e. The molecule has 27 heavy (non-hydrogen) atoms. The van der Waals surface area contributed by atoms with E-state index in [1.807, 2.05) is 53.1 Å². The average Bonchev–Trinajstić information content (AvgIpc) is 3.36. The number of hydrogen-bond donors (Lipinski definition) is 2. The van der Waals surface area contributed by atoms with E-state index >= 15 is 0 Å². The maximum absolute atomic E-state index is 13.1. The second-order valence-electron chi connectivity index (χ2n) is 6.78. The second kappa shape index (κ2) is 6.48. The Balaban J connectivity index is 1.56. The summed E-state index contributed by atoms with van der Waals surface area (Å²) in [6.45, 7) is 0.984. The molecule has 0 saturated carbocycles. The highest BCUT2D eigenvalue weighted by molar-refractivity contribution is 6.11. The molecule has 1 aliphatic heterocycles. The predicted molar refractivity (Wildman–Crippen MR) is 105 cm³/mol. The quantitative estimate of drug-likeness (QED) is 0.588. The zero-order chi connectivity index (χ0) is 18.2. The first-order chi connectivity index (χ1) is 13.3. The first kappa shape index (κ1) is 16.0. The number of carbonyl (C=O) groups is 1. The number of nitrogens with zero attached hydrogens (tertiary/aromatic N) is 3. The molecule has 1 fully saturated rings. The van der Waals surface area contributed by atoms with E-state index in [0.717, 1.165) is 47.2 Å².